The van der Waals surface area contributed by atoms with Crippen LogP contribution in [0.5, 0.6) is 5.75 Å². The van der Waals surface area contributed by atoms with Crippen LogP contribution >= 0.6 is 0 Å². The van der Waals surface area contributed by atoms with Crippen LogP contribution in [0.15, 0.2) is 36.4 Å². The van der Waals surface area contributed by atoms with Crippen molar-refractivity contribution in [3.63, 3.8) is 0 Å². The number of alkyl halides is 3. The number of amides is 1. The molecule has 1 aromatic heterocycles. The van der Waals surface area contributed by atoms with Crippen LogP contribution in [0.2, 0.25) is 0 Å². The molecule has 3 aromatic rings. The van der Waals surface area contributed by atoms with Gasteiger partial charge >= 0.3 is 6.36 Å². The summed E-state index contributed by atoms with van der Waals surface area (Å²) in [6, 6.07) is 7.92. The van der Waals surface area contributed by atoms with Crippen molar-refractivity contribution in [3.05, 3.63) is 53.5 Å². The number of carbonyl (C=O) groups is 1. The van der Waals surface area contributed by atoms with Gasteiger partial charge in [0.25, 0.3) is 5.91 Å². The molecular weight excluding hydrogens is 364 g/mol. The Morgan fingerprint density at radius 1 is 1.15 bits per heavy atom. The van der Waals surface area contributed by atoms with Crippen molar-refractivity contribution in [1.29, 1.82) is 0 Å². The summed E-state index contributed by atoms with van der Waals surface area (Å²) in [5, 5.41) is 3.37. The molecule has 1 aliphatic rings. The Balaban J connectivity index is 1.89. The first kappa shape index (κ1) is 17.4. The van der Waals surface area contributed by atoms with Gasteiger partial charge in [-0.25, -0.2) is 4.39 Å². The average molecular weight is 378 g/mol. The molecule has 0 spiro atoms. The Kier molecular flexibility index (Phi) is 3.87. The van der Waals surface area contributed by atoms with E-state index in [-0.39, 0.29) is 11.7 Å². The molecule has 2 heterocycles. The van der Waals surface area contributed by atoms with Gasteiger partial charge in [0.15, 0.2) is 0 Å². The zero-order chi connectivity index (χ0) is 19.3. The Morgan fingerprint density at radius 2 is 1.85 bits per heavy atom. The molecule has 0 saturated carbocycles. The van der Waals surface area contributed by atoms with Crippen LogP contribution < -0.4 is 10.1 Å². The monoisotopic (exact) mass is 378 g/mol. The average Bonchev–Trinajstić information content (AvgIpc) is 2.87. The van der Waals surface area contributed by atoms with Gasteiger partial charge in [0, 0.05) is 24.0 Å². The molecule has 2 aromatic carbocycles. The number of nitrogens with zero attached hydrogens (tertiary/aromatic N) is 1. The Bertz CT molecular complexity index is 1050. The molecule has 0 unspecified atom stereocenters. The van der Waals surface area contributed by atoms with E-state index in [0.717, 1.165) is 0 Å². The maximum atomic E-state index is 14.2. The highest BCUT2D eigenvalue weighted by Gasteiger charge is 2.31. The second kappa shape index (κ2) is 6.00. The lowest BCUT2D eigenvalue weighted by Crippen LogP contribution is -2.35. The summed E-state index contributed by atoms with van der Waals surface area (Å²) in [6.45, 7) is 2.73. The highest BCUT2D eigenvalue weighted by Crippen LogP contribution is 2.36. The number of nitrogens with one attached hydrogen (secondary N) is 1. The van der Waals surface area contributed by atoms with Crippen LogP contribution in [0.4, 0.5) is 17.6 Å². The van der Waals surface area contributed by atoms with Crippen LogP contribution in [-0.2, 0) is 6.54 Å². The zero-order valence-electron chi connectivity index (χ0n) is 14.2. The highest BCUT2D eigenvalue weighted by molar-refractivity contribution is 6.06. The number of hydrogen-bond donors (Lipinski definition) is 1. The second-order valence-electron chi connectivity index (χ2n) is 6.30. The lowest BCUT2D eigenvalue weighted by atomic mass is 10.0. The van der Waals surface area contributed by atoms with Gasteiger partial charge in [-0.1, -0.05) is 12.1 Å². The third-order valence-corrected chi connectivity index (χ3v) is 4.61. The summed E-state index contributed by atoms with van der Waals surface area (Å²) >= 11 is 0. The fourth-order valence-corrected chi connectivity index (χ4v) is 3.56. The van der Waals surface area contributed by atoms with Crippen molar-refractivity contribution in [3.8, 4) is 16.9 Å². The predicted octanol–water partition coefficient (Wildman–Crippen LogP) is 4.40. The number of hydrogen-bond acceptors (Lipinski definition) is 2. The van der Waals surface area contributed by atoms with E-state index in [4.69, 9.17) is 0 Å². The Labute approximate surface area is 151 Å². The first-order chi connectivity index (χ1) is 12.7. The highest BCUT2D eigenvalue weighted by atomic mass is 19.4. The molecule has 4 nitrogen and oxygen atoms in total. The number of fused-ring (bicyclic) bond motifs is 3. The van der Waals surface area contributed by atoms with E-state index in [1.165, 1.54) is 36.4 Å². The molecule has 0 saturated heterocycles. The maximum absolute atomic E-state index is 14.2. The van der Waals surface area contributed by atoms with Gasteiger partial charge in [0.2, 0.25) is 0 Å². The molecule has 8 heteroatoms. The number of aryl methyl sites for hydroxylation is 1. The maximum Gasteiger partial charge on any atom is 0.573 e. The fraction of sp³-hybridized carbons (Fsp3) is 0.211. The van der Waals surface area contributed by atoms with Crippen molar-refractivity contribution in [1.82, 2.24) is 9.88 Å². The lowest BCUT2D eigenvalue weighted by Gasteiger charge is -2.18. The zero-order valence-corrected chi connectivity index (χ0v) is 14.2. The molecule has 0 atom stereocenters. The topological polar surface area (TPSA) is 43.3 Å². The molecular formula is C19H14F4N2O2. The molecule has 0 bridgehead atoms. The van der Waals surface area contributed by atoms with Gasteiger partial charge in [-0.05, 0) is 42.3 Å². The van der Waals surface area contributed by atoms with Crippen molar-refractivity contribution in [2.75, 3.05) is 6.54 Å². The van der Waals surface area contributed by atoms with Gasteiger partial charge in [-0.15, -0.1) is 13.2 Å². The lowest BCUT2D eigenvalue weighted by molar-refractivity contribution is -0.274. The van der Waals surface area contributed by atoms with Crippen molar-refractivity contribution >= 4 is 16.8 Å². The van der Waals surface area contributed by atoms with E-state index < -0.39 is 12.2 Å². The van der Waals surface area contributed by atoms with Crippen LogP contribution in [-0.4, -0.2) is 23.4 Å². The van der Waals surface area contributed by atoms with Crippen molar-refractivity contribution < 1.29 is 27.1 Å². The molecule has 0 radical (unpaired) electrons. The largest absolute Gasteiger partial charge is 0.573 e. The first-order valence-corrected chi connectivity index (χ1v) is 8.21. The van der Waals surface area contributed by atoms with E-state index in [9.17, 15) is 22.4 Å². The van der Waals surface area contributed by atoms with E-state index >= 15 is 0 Å². The molecule has 0 fully saturated rings. The van der Waals surface area contributed by atoms with E-state index in [2.05, 4.69) is 10.1 Å². The normalized spacial score (nSPS) is 14.2. The fourth-order valence-electron chi connectivity index (χ4n) is 3.56. The molecule has 1 aliphatic heterocycles. The summed E-state index contributed by atoms with van der Waals surface area (Å²) in [5.74, 6) is -1.07. The number of carbonyl (C=O) groups excluding carboxylic acids is 1. The molecule has 27 heavy (non-hydrogen) atoms. The van der Waals surface area contributed by atoms with Gasteiger partial charge in [-0.2, -0.15) is 0 Å². The summed E-state index contributed by atoms with van der Waals surface area (Å²) < 4.78 is 57.0. The smallest absolute Gasteiger partial charge is 0.406 e. The van der Waals surface area contributed by atoms with Gasteiger partial charge in [0.05, 0.1) is 5.52 Å². The number of rotatable bonds is 2. The summed E-state index contributed by atoms with van der Waals surface area (Å²) in [5.41, 5.74) is 2.86. The molecule has 1 amide bonds. The minimum Gasteiger partial charge on any atom is -0.406 e. The minimum absolute atomic E-state index is 0.227. The van der Waals surface area contributed by atoms with Crippen LogP contribution in [0.3, 0.4) is 0 Å². The van der Waals surface area contributed by atoms with Gasteiger partial charge in [0.1, 0.15) is 17.3 Å². The summed E-state index contributed by atoms with van der Waals surface area (Å²) in [4.78, 5) is 12.2. The first-order valence-electron chi connectivity index (χ1n) is 8.21. The van der Waals surface area contributed by atoms with Gasteiger partial charge < -0.3 is 14.6 Å². The number of aromatic nitrogens is 1. The quantitative estimate of drug-likeness (QED) is 0.672. The van der Waals surface area contributed by atoms with E-state index in [1.54, 1.807) is 6.92 Å². The van der Waals surface area contributed by atoms with Gasteiger partial charge in [-0.3, -0.25) is 4.79 Å². The minimum atomic E-state index is -4.78. The predicted molar refractivity (Wildman–Crippen MR) is 91.1 cm³/mol. The SMILES string of the molecule is Cc1c2n(c3c(-c4ccc(OC(F)(F)F)cc4)cc(F)cc13)CCNC2=O. The van der Waals surface area contributed by atoms with Crippen molar-refractivity contribution in [2.45, 2.75) is 19.8 Å². The Hall–Kier alpha value is -3.03. The molecule has 4 rings (SSSR count). The number of halogens is 4. The third kappa shape index (κ3) is 3.01. The molecule has 0 aliphatic carbocycles. The molecule has 140 valence electrons. The summed E-state index contributed by atoms with van der Waals surface area (Å²) in [6.07, 6.45) is -4.78. The molecule has 1 N–H and O–H groups in total. The standard InChI is InChI=1S/C19H14F4N2O2/c1-10-14-8-12(20)9-15(17(14)25-7-6-24-18(26)16(10)25)11-2-4-13(5-3-11)27-19(21,22)23/h2-5,8-9H,6-7H2,1H3,(H,24,26). The number of benzene rings is 2. The van der Waals surface area contributed by atoms with Crippen LogP contribution in [0.25, 0.3) is 22.0 Å². The summed E-state index contributed by atoms with van der Waals surface area (Å²) in [7, 11) is 0. The Morgan fingerprint density at radius 3 is 2.52 bits per heavy atom. The number of ether oxygens (including phenoxy) is 1. The van der Waals surface area contributed by atoms with Crippen LogP contribution in [0, 0.1) is 12.7 Å². The van der Waals surface area contributed by atoms with E-state index in [1.807, 2.05) is 4.57 Å². The van der Waals surface area contributed by atoms with Crippen molar-refractivity contribution in [2.24, 2.45) is 0 Å². The van der Waals surface area contributed by atoms with Crippen LogP contribution in [0.1, 0.15) is 16.1 Å². The second-order valence-corrected chi connectivity index (χ2v) is 6.30. The van der Waals surface area contributed by atoms with E-state index in [0.29, 0.717) is 46.4 Å². The third-order valence-electron chi connectivity index (χ3n) is 4.61.